The zero-order chi connectivity index (χ0) is 19.5. The fourth-order valence-electron chi connectivity index (χ4n) is 2.28. The second-order valence-corrected chi connectivity index (χ2v) is 14.9. The first-order valence-corrected chi connectivity index (χ1v) is 13.5. The van der Waals surface area contributed by atoms with Gasteiger partial charge in [0.15, 0.2) is 5.03 Å². The van der Waals surface area contributed by atoms with Crippen LogP contribution in [0.1, 0.15) is 16.1 Å². The zero-order valence-electron chi connectivity index (χ0n) is 15.5. The van der Waals surface area contributed by atoms with E-state index >= 15 is 0 Å². The first kappa shape index (κ1) is 20.3. The molecule has 1 unspecified atom stereocenters. The lowest BCUT2D eigenvalue weighted by atomic mass is 10.2. The van der Waals surface area contributed by atoms with Crippen LogP contribution in [-0.2, 0) is 21.2 Å². The maximum Gasteiger partial charge on any atom is 0.335 e. The molecule has 0 fully saturated rings. The number of hydrogen-bond acceptors (Lipinski definition) is 5. The Balaban J connectivity index is 2.15. The standard InChI is InChI=1S/C17H25N3O4SSi/c1-13-16(19-11-20(13)12-24-9-10-26(2,3)4)25(18,23)15-7-5-14(6-8-15)17(21)22/h5-8,11,18H,9-10,12H2,1-4H3,(H,21,22). The highest BCUT2D eigenvalue weighted by atomic mass is 32.2. The predicted molar refractivity (Wildman–Crippen MR) is 102 cm³/mol. The number of hydrogen-bond donors (Lipinski definition) is 2. The van der Waals surface area contributed by atoms with Crippen molar-refractivity contribution in [1.82, 2.24) is 9.55 Å². The molecule has 0 saturated heterocycles. The number of carboxylic acid groups (broad SMARTS) is 1. The van der Waals surface area contributed by atoms with E-state index in [-0.39, 0.29) is 15.5 Å². The number of ether oxygens (including phenoxy) is 1. The van der Waals surface area contributed by atoms with E-state index in [1.54, 1.807) is 11.5 Å². The summed E-state index contributed by atoms with van der Waals surface area (Å²) in [6.07, 6.45) is 1.53. The summed E-state index contributed by atoms with van der Waals surface area (Å²) >= 11 is 0. The zero-order valence-corrected chi connectivity index (χ0v) is 17.3. The van der Waals surface area contributed by atoms with Gasteiger partial charge in [-0.2, -0.15) is 0 Å². The van der Waals surface area contributed by atoms with Crippen LogP contribution in [-0.4, -0.2) is 39.5 Å². The van der Waals surface area contributed by atoms with E-state index in [0.717, 1.165) is 6.04 Å². The Bertz CT molecular complexity index is 884. The van der Waals surface area contributed by atoms with Gasteiger partial charge in [0.1, 0.15) is 16.5 Å². The molecule has 7 nitrogen and oxygen atoms in total. The van der Waals surface area contributed by atoms with Crippen LogP contribution < -0.4 is 0 Å². The molecule has 1 aromatic carbocycles. The molecule has 142 valence electrons. The van der Waals surface area contributed by atoms with Gasteiger partial charge in [-0.1, -0.05) is 19.6 Å². The maximum absolute atomic E-state index is 13.0. The molecule has 0 spiro atoms. The highest BCUT2D eigenvalue weighted by Crippen LogP contribution is 2.24. The molecule has 0 aliphatic rings. The highest BCUT2D eigenvalue weighted by molar-refractivity contribution is 7.92. The maximum atomic E-state index is 13.0. The number of rotatable bonds is 8. The van der Waals surface area contributed by atoms with Crippen LogP contribution in [0.4, 0.5) is 0 Å². The normalized spacial score (nSPS) is 14.2. The van der Waals surface area contributed by atoms with Crippen LogP contribution in [0.25, 0.3) is 0 Å². The fraction of sp³-hybridized carbons (Fsp3) is 0.412. The topological polar surface area (TPSA) is 105 Å². The lowest BCUT2D eigenvalue weighted by Crippen LogP contribution is -2.22. The SMILES string of the molecule is Cc1c(S(=N)(=O)c2ccc(C(=O)O)cc2)ncn1COCC[Si](C)(C)C. The Kier molecular flexibility index (Phi) is 6.04. The van der Waals surface area contributed by atoms with Crippen molar-refractivity contribution >= 4 is 23.8 Å². The molecule has 2 N–H and O–H groups in total. The Hall–Kier alpha value is -1.97. The Morgan fingerprint density at radius 1 is 1.31 bits per heavy atom. The average molecular weight is 396 g/mol. The van der Waals surface area contributed by atoms with Crippen molar-refractivity contribution in [1.29, 1.82) is 4.78 Å². The van der Waals surface area contributed by atoms with Crippen LogP contribution in [0.3, 0.4) is 0 Å². The van der Waals surface area contributed by atoms with Crippen LogP contribution in [0, 0.1) is 11.7 Å². The van der Waals surface area contributed by atoms with E-state index in [1.165, 1.54) is 30.6 Å². The lowest BCUT2D eigenvalue weighted by Gasteiger charge is -2.15. The van der Waals surface area contributed by atoms with Gasteiger partial charge in [-0.3, -0.25) is 0 Å². The first-order chi connectivity index (χ1) is 12.0. The largest absolute Gasteiger partial charge is 0.478 e. The van der Waals surface area contributed by atoms with Crippen molar-refractivity contribution in [2.24, 2.45) is 0 Å². The molecule has 0 saturated carbocycles. The Labute approximate surface area is 155 Å². The molecule has 1 aromatic heterocycles. The van der Waals surface area contributed by atoms with Gasteiger partial charge in [-0.15, -0.1) is 0 Å². The predicted octanol–water partition coefficient (Wildman–Crippen LogP) is 3.67. The summed E-state index contributed by atoms with van der Waals surface area (Å²) in [6.45, 7) is 9.56. The summed E-state index contributed by atoms with van der Waals surface area (Å²) in [5, 5.41) is 9.13. The van der Waals surface area contributed by atoms with Crippen molar-refractivity contribution < 1.29 is 18.8 Å². The monoisotopic (exact) mass is 395 g/mol. The van der Waals surface area contributed by atoms with Gasteiger partial charge in [-0.05, 0) is 37.2 Å². The molecule has 0 radical (unpaired) electrons. The van der Waals surface area contributed by atoms with E-state index in [1.807, 2.05) is 0 Å². The molecule has 0 amide bonds. The molecule has 0 aliphatic heterocycles. The Morgan fingerprint density at radius 2 is 1.92 bits per heavy atom. The van der Waals surface area contributed by atoms with Crippen molar-refractivity contribution in [2.75, 3.05) is 6.61 Å². The number of nitrogens with one attached hydrogen (secondary N) is 1. The minimum Gasteiger partial charge on any atom is -0.478 e. The molecule has 1 atom stereocenters. The number of benzene rings is 1. The van der Waals surface area contributed by atoms with Crippen LogP contribution >= 0.6 is 0 Å². The summed E-state index contributed by atoms with van der Waals surface area (Å²) in [6, 6.07) is 6.55. The van der Waals surface area contributed by atoms with Crippen molar-refractivity contribution in [2.45, 2.75) is 49.3 Å². The Morgan fingerprint density at radius 3 is 2.46 bits per heavy atom. The van der Waals surface area contributed by atoms with Crippen LogP contribution in [0.5, 0.6) is 0 Å². The number of nitrogens with zero attached hydrogens (tertiary/aromatic N) is 2. The molecule has 0 aliphatic carbocycles. The van der Waals surface area contributed by atoms with E-state index in [2.05, 4.69) is 24.6 Å². The second-order valence-electron chi connectivity index (χ2n) is 7.34. The van der Waals surface area contributed by atoms with Gasteiger partial charge < -0.3 is 14.4 Å². The quantitative estimate of drug-likeness (QED) is 0.524. The third-order valence-corrected chi connectivity index (χ3v) is 7.57. The average Bonchev–Trinajstić information content (AvgIpc) is 2.92. The first-order valence-electron chi connectivity index (χ1n) is 8.24. The third-order valence-electron chi connectivity index (χ3n) is 3.99. The smallest absolute Gasteiger partial charge is 0.335 e. The van der Waals surface area contributed by atoms with E-state index in [9.17, 15) is 9.00 Å². The summed E-state index contributed by atoms with van der Waals surface area (Å²) in [5.41, 5.74) is 0.697. The summed E-state index contributed by atoms with van der Waals surface area (Å²) in [7, 11) is -4.48. The van der Waals surface area contributed by atoms with Gasteiger partial charge in [0.05, 0.1) is 22.5 Å². The highest BCUT2D eigenvalue weighted by Gasteiger charge is 2.21. The molecular weight excluding hydrogens is 370 g/mol. The van der Waals surface area contributed by atoms with Gasteiger partial charge >= 0.3 is 5.97 Å². The lowest BCUT2D eigenvalue weighted by molar-refractivity contribution is 0.0696. The molecule has 2 aromatic rings. The number of carbonyl (C=O) groups is 1. The summed E-state index contributed by atoms with van der Waals surface area (Å²) in [4.78, 5) is 15.3. The van der Waals surface area contributed by atoms with Gasteiger partial charge in [-0.25, -0.2) is 18.8 Å². The van der Waals surface area contributed by atoms with Crippen LogP contribution in [0.15, 0.2) is 40.5 Å². The second kappa shape index (κ2) is 7.73. The molecule has 2 rings (SSSR count). The van der Waals surface area contributed by atoms with Crippen molar-refractivity contribution in [3.8, 4) is 0 Å². The molecule has 26 heavy (non-hydrogen) atoms. The van der Waals surface area contributed by atoms with E-state index in [0.29, 0.717) is 19.0 Å². The van der Waals surface area contributed by atoms with Gasteiger partial charge in [0.2, 0.25) is 0 Å². The fourth-order valence-corrected chi connectivity index (χ4v) is 4.51. The minimum atomic E-state index is -3.32. The molecular formula is C17H25N3O4SSi. The summed E-state index contributed by atoms with van der Waals surface area (Å²) < 4.78 is 28.7. The van der Waals surface area contributed by atoms with Crippen LogP contribution in [0.2, 0.25) is 25.7 Å². The van der Waals surface area contributed by atoms with Crippen molar-refractivity contribution in [3.63, 3.8) is 0 Å². The van der Waals surface area contributed by atoms with E-state index in [4.69, 9.17) is 14.6 Å². The number of aromatic nitrogens is 2. The molecule has 9 heteroatoms. The molecule has 0 bridgehead atoms. The number of imidazole rings is 1. The van der Waals surface area contributed by atoms with Gasteiger partial charge in [0.25, 0.3) is 0 Å². The minimum absolute atomic E-state index is 0.0852. The number of carboxylic acids is 1. The summed E-state index contributed by atoms with van der Waals surface area (Å²) in [5.74, 6) is -1.07. The number of aromatic carboxylic acids is 1. The van der Waals surface area contributed by atoms with E-state index < -0.39 is 23.8 Å². The van der Waals surface area contributed by atoms with Crippen molar-refractivity contribution in [3.05, 3.63) is 41.9 Å². The van der Waals surface area contributed by atoms with Gasteiger partial charge in [0, 0.05) is 14.7 Å². The third kappa shape index (κ3) is 4.80. The molecule has 1 heterocycles.